The van der Waals surface area contributed by atoms with Crippen molar-refractivity contribution < 1.29 is 23.1 Å². The van der Waals surface area contributed by atoms with E-state index in [4.69, 9.17) is 11.6 Å². The Hall–Kier alpha value is -3.12. The fourth-order valence-electron chi connectivity index (χ4n) is 2.81. The molecule has 3 rings (SSSR count). The van der Waals surface area contributed by atoms with Crippen LogP contribution in [0.3, 0.4) is 0 Å². The Morgan fingerprint density at radius 2 is 2.03 bits per heavy atom. The van der Waals surface area contributed by atoms with Gasteiger partial charge >= 0.3 is 12.1 Å². The number of carboxylic acid groups (broad SMARTS) is 1. The minimum absolute atomic E-state index is 0.00476. The second-order valence-electron chi connectivity index (χ2n) is 6.75. The molecule has 3 aromatic heterocycles. The van der Waals surface area contributed by atoms with Crippen molar-refractivity contribution in [3.05, 3.63) is 52.8 Å². The van der Waals surface area contributed by atoms with E-state index in [-0.39, 0.29) is 35.9 Å². The van der Waals surface area contributed by atoms with E-state index in [1.165, 1.54) is 17.0 Å². The molecular formula is C18H17ClF3N7O2. The third-order valence-electron chi connectivity index (χ3n) is 4.27. The molecule has 0 aromatic carbocycles. The van der Waals surface area contributed by atoms with Crippen molar-refractivity contribution in [3.8, 4) is 11.4 Å². The van der Waals surface area contributed by atoms with Gasteiger partial charge in [-0.25, -0.2) is 29.7 Å². The van der Waals surface area contributed by atoms with Gasteiger partial charge in [0, 0.05) is 31.5 Å². The molecule has 3 heterocycles. The van der Waals surface area contributed by atoms with Crippen LogP contribution in [0.1, 0.15) is 34.5 Å². The molecule has 0 aliphatic rings. The first-order valence-electron chi connectivity index (χ1n) is 8.96. The molecule has 0 saturated heterocycles. The Balaban J connectivity index is 1.75. The number of alkyl halides is 3. The van der Waals surface area contributed by atoms with E-state index in [1.807, 2.05) is 0 Å². The number of halogens is 4. The Kier molecular flexibility index (Phi) is 6.51. The molecule has 9 nitrogen and oxygen atoms in total. The van der Waals surface area contributed by atoms with Gasteiger partial charge in [0.1, 0.15) is 17.7 Å². The number of aromatic carboxylic acids is 1. The van der Waals surface area contributed by atoms with Crippen LogP contribution in [0.4, 0.5) is 13.2 Å². The molecule has 0 aliphatic carbocycles. The van der Waals surface area contributed by atoms with Gasteiger partial charge in [0.2, 0.25) is 11.1 Å². The number of carbonyl (C=O) groups is 1. The molecule has 1 atom stereocenters. The molecule has 31 heavy (non-hydrogen) atoms. The highest BCUT2D eigenvalue weighted by Gasteiger charge is 2.32. The summed E-state index contributed by atoms with van der Waals surface area (Å²) in [7, 11) is 0. The number of nitrogens with zero attached hydrogens (tertiary/aromatic N) is 6. The summed E-state index contributed by atoms with van der Waals surface area (Å²) in [4.78, 5) is 30.8. The highest BCUT2D eigenvalue weighted by atomic mass is 35.5. The number of aryl methyl sites for hydroxylation is 1. The smallest absolute Gasteiger partial charge is 0.433 e. The summed E-state index contributed by atoms with van der Waals surface area (Å²) in [6.07, 6.45) is -0.676. The minimum atomic E-state index is -4.56. The van der Waals surface area contributed by atoms with E-state index in [0.717, 1.165) is 12.4 Å². The third-order valence-corrected chi connectivity index (χ3v) is 4.45. The second kappa shape index (κ2) is 8.94. The summed E-state index contributed by atoms with van der Waals surface area (Å²) < 4.78 is 39.8. The molecule has 0 radical (unpaired) electrons. The average molecular weight is 456 g/mol. The lowest BCUT2D eigenvalue weighted by Gasteiger charge is -2.15. The van der Waals surface area contributed by atoms with Crippen molar-refractivity contribution >= 4 is 17.6 Å². The van der Waals surface area contributed by atoms with Gasteiger partial charge in [0.05, 0.1) is 11.4 Å². The molecule has 0 fully saturated rings. The molecule has 0 amide bonds. The van der Waals surface area contributed by atoms with Crippen LogP contribution in [0.5, 0.6) is 0 Å². The van der Waals surface area contributed by atoms with Crippen LogP contribution in [0.15, 0.2) is 24.8 Å². The number of hydrogen-bond donors (Lipinski definition) is 2. The Morgan fingerprint density at radius 3 is 2.71 bits per heavy atom. The normalized spacial score (nSPS) is 12.7. The van der Waals surface area contributed by atoms with Crippen LogP contribution in [0.2, 0.25) is 5.28 Å². The SMILES string of the molecule is Cc1cnc(Cl)nc1-c1cn(CC(C)NCc2cc(C(F)(F)F)ncn2)c(C(=O)O)n1. The van der Waals surface area contributed by atoms with Gasteiger partial charge in [-0.2, -0.15) is 13.2 Å². The van der Waals surface area contributed by atoms with Gasteiger partial charge in [-0.1, -0.05) is 0 Å². The summed E-state index contributed by atoms with van der Waals surface area (Å²) in [5.41, 5.74) is 0.518. The summed E-state index contributed by atoms with van der Waals surface area (Å²) >= 11 is 5.84. The second-order valence-corrected chi connectivity index (χ2v) is 7.09. The Labute approximate surface area is 179 Å². The molecule has 0 spiro atoms. The van der Waals surface area contributed by atoms with E-state index >= 15 is 0 Å². The molecule has 0 saturated carbocycles. The van der Waals surface area contributed by atoms with Crippen molar-refractivity contribution in [1.29, 1.82) is 0 Å². The van der Waals surface area contributed by atoms with Crippen LogP contribution in [0, 0.1) is 6.92 Å². The molecular weight excluding hydrogens is 439 g/mol. The maximum Gasteiger partial charge on any atom is 0.433 e. The van der Waals surface area contributed by atoms with E-state index < -0.39 is 17.8 Å². The topological polar surface area (TPSA) is 119 Å². The molecule has 3 aromatic rings. The maximum atomic E-state index is 12.8. The molecule has 2 N–H and O–H groups in total. The molecule has 164 valence electrons. The van der Waals surface area contributed by atoms with E-state index in [0.29, 0.717) is 17.0 Å². The van der Waals surface area contributed by atoms with Crippen LogP contribution < -0.4 is 5.32 Å². The van der Waals surface area contributed by atoms with E-state index in [1.54, 1.807) is 13.8 Å². The highest BCUT2D eigenvalue weighted by molar-refractivity contribution is 6.28. The molecule has 13 heteroatoms. The molecule has 0 aliphatic heterocycles. The molecule has 1 unspecified atom stereocenters. The van der Waals surface area contributed by atoms with Crippen LogP contribution in [-0.4, -0.2) is 46.6 Å². The number of rotatable bonds is 7. The zero-order valence-electron chi connectivity index (χ0n) is 16.4. The quantitative estimate of drug-likeness (QED) is 0.522. The van der Waals surface area contributed by atoms with Gasteiger partial charge in [-0.05, 0) is 37.1 Å². The number of aromatic nitrogens is 6. The lowest BCUT2D eigenvalue weighted by molar-refractivity contribution is -0.141. The fraction of sp³-hybridized carbons (Fsp3) is 0.333. The first kappa shape index (κ1) is 22.6. The monoisotopic (exact) mass is 455 g/mol. The van der Waals surface area contributed by atoms with Crippen molar-refractivity contribution in [2.24, 2.45) is 0 Å². The number of hydrogen-bond acceptors (Lipinski definition) is 7. The summed E-state index contributed by atoms with van der Waals surface area (Å²) in [6.45, 7) is 3.72. The van der Waals surface area contributed by atoms with Gasteiger partial charge in [-0.3, -0.25) is 0 Å². The van der Waals surface area contributed by atoms with Crippen LogP contribution >= 0.6 is 11.6 Å². The first-order chi connectivity index (χ1) is 14.5. The van der Waals surface area contributed by atoms with E-state index in [2.05, 4.69) is 30.2 Å². The summed E-state index contributed by atoms with van der Waals surface area (Å²) in [5.74, 6) is -1.44. The summed E-state index contributed by atoms with van der Waals surface area (Å²) in [5, 5.41) is 12.5. The van der Waals surface area contributed by atoms with Crippen LogP contribution in [0.25, 0.3) is 11.4 Å². The van der Waals surface area contributed by atoms with E-state index in [9.17, 15) is 23.1 Å². The van der Waals surface area contributed by atoms with Gasteiger partial charge < -0.3 is 15.0 Å². The molecule has 0 bridgehead atoms. The first-order valence-corrected chi connectivity index (χ1v) is 9.34. The zero-order chi connectivity index (χ0) is 22.8. The third kappa shape index (κ3) is 5.52. The summed E-state index contributed by atoms with van der Waals surface area (Å²) in [6, 6.07) is 0.541. The lowest BCUT2D eigenvalue weighted by atomic mass is 10.2. The van der Waals surface area contributed by atoms with Crippen molar-refractivity contribution in [1.82, 2.24) is 34.8 Å². The van der Waals surface area contributed by atoms with Crippen molar-refractivity contribution in [2.75, 3.05) is 0 Å². The maximum absolute atomic E-state index is 12.8. The Bertz CT molecular complexity index is 1100. The standard InChI is InChI=1S/C18H17ClF3N7O2/c1-9-4-24-17(19)28-14(9)12-7-29(15(27-12)16(30)31)6-10(2)23-5-11-3-13(18(20,21)22)26-8-25-11/h3-4,7-8,10,23H,5-6H2,1-2H3,(H,30,31). The Morgan fingerprint density at radius 1 is 1.29 bits per heavy atom. The highest BCUT2D eigenvalue weighted by Crippen LogP contribution is 2.27. The predicted molar refractivity (Wildman–Crippen MR) is 103 cm³/mol. The van der Waals surface area contributed by atoms with Crippen molar-refractivity contribution in [3.63, 3.8) is 0 Å². The van der Waals surface area contributed by atoms with Gasteiger partial charge in [0.15, 0.2) is 0 Å². The van der Waals surface area contributed by atoms with Crippen LogP contribution in [-0.2, 0) is 19.3 Å². The van der Waals surface area contributed by atoms with Gasteiger partial charge in [-0.15, -0.1) is 0 Å². The fourth-order valence-corrected chi connectivity index (χ4v) is 2.94. The number of nitrogens with one attached hydrogen (secondary N) is 1. The number of imidazole rings is 1. The predicted octanol–water partition coefficient (Wildman–Crippen LogP) is 2.99. The van der Waals surface area contributed by atoms with Crippen molar-refractivity contribution in [2.45, 2.75) is 39.2 Å². The zero-order valence-corrected chi connectivity index (χ0v) is 17.1. The van der Waals surface area contributed by atoms with Gasteiger partial charge in [0.25, 0.3) is 0 Å². The largest absolute Gasteiger partial charge is 0.475 e. The number of carboxylic acids is 1. The average Bonchev–Trinajstić information content (AvgIpc) is 3.11. The lowest BCUT2D eigenvalue weighted by Crippen LogP contribution is -2.31. The minimum Gasteiger partial charge on any atom is -0.475 e.